The van der Waals surface area contributed by atoms with E-state index in [9.17, 15) is 29.7 Å². The molecule has 0 bridgehead atoms. The predicted octanol–water partition coefficient (Wildman–Crippen LogP) is 8.01. The van der Waals surface area contributed by atoms with Gasteiger partial charge in [0.1, 0.15) is 11.8 Å². The van der Waals surface area contributed by atoms with Gasteiger partial charge in [-0.05, 0) is 46.0 Å². The van der Waals surface area contributed by atoms with Gasteiger partial charge in [0.2, 0.25) is 0 Å². The maximum atomic E-state index is 11.6. The summed E-state index contributed by atoms with van der Waals surface area (Å²) in [5.41, 5.74) is 0. The second-order valence-corrected chi connectivity index (χ2v) is 13.4. The standard InChI is InChI=1S/C36H67NO6/c1-5-6-7-8-9-10-11-12-13-14-15-16-17-18-19-20-21-22-23-24-25-26-27-37(28-31(2)34(38)39,29-32(3)35(40)41)30-33(4)36(42)43/h8-9,31-33H,5-7,10-30H2,1-4H3,(H2-,38,39,40,41,42,43)/b9-8+. The number of hydrogen-bond acceptors (Lipinski definition) is 4. The number of carbonyl (C=O) groups is 3. The minimum atomic E-state index is -1.18. The number of hydrogen-bond donors (Lipinski definition) is 2. The van der Waals surface area contributed by atoms with Gasteiger partial charge in [-0.3, -0.25) is 9.59 Å². The van der Waals surface area contributed by atoms with E-state index in [0.717, 1.165) is 19.3 Å². The molecule has 0 aromatic carbocycles. The van der Waals surface area contributed by atoms with Crippen molar-refractivity contribution >= 4 is 17.9 Å². The fraction of sp³-hybridized carbons (Fsp3) is 0.861. The summed E-state index contributed by atoms with van der Waals surface area (Å²) in [7, 11) is 0. The lowest BCUT2D eigenvalue weighted by Crippen LogP contribution is -2.58. The maximum absolute atomic E-state index is 11.6. The number of carboxylic acid groups (broad SMARTS) is 3. The molecule has 0 spiro atoms. The first-order chi connectivity index (χ1) is 20.5. The summed E-state index contributed by atoms with van der Waals surface area (Å²) in [4.78, 5) is 34.8. The Morgan fingerprint density at radius 3 is 1.23 bits per heavy atom. The van der Waals surface area contributed by atoms with Crippen molar-refractivity contribution in [1.82, 2.24) is 0 Å². The third kappa shape index (κ3) is 23.2. The Hall–Kier alpha value is -1.89. The zero-order valence-corrected chi connectivity index (χ0v) is 28.3. The van der Waals surface area contributed by atoms with E-state index in [0.29, 0.717) is 6.54 Å². The zero-order chi connectivity index (χ0) is 32.3. The van der Waals surface area contributed by atoms with E-state index in [-0.39, 0.29) is 24.1 Å². The van der Waals surface area contributed by atoms with E-state index in [4.69, 9.17) is 0 Å². The van der Waals surface area contributed by atoms with Gasteiger partial charge in [0.25, 0.3) is 0 Å². The first kappa shape index (κ1) is 41.1. The summed E-state index contributed by atoms with van der Waals surface area (Å²) in [6, 6.07) is 0. The molecular weight excluding hydrogens is 542 g/mol. The minimum Gasteiger partial charge on any atom is -0.550 e. The molecule has 0 saturated heterocycles. The number of carbonyl (C=O) groups excluding carboxylic acids is 1. The summed E-state index contributed by atoms with van der Waals surface area (Å²) in [6.07, 6.45) is 29.9. The van der Waals surface area contributed by atoms with Gasteiger partial charge < -0.3 is 24.6 Å². The third-order valence-electron chi connectivity index (χ3n) is 8.87. The van der Waals surface area contributed by atoms with E-state index in [2.05, 4.69) is 19.1 Å². The van der Waals surface area contributed by atoms with Crippen LogP contribution in [0.25, 0.3) is 0 Å². The van der Waals surface area contributed by atoms with Crippen molar-refractivity contribution in [3.05, 3.63) is 12.2 Å². The van der Waals surface area contributed by atoms with Gasteiger partial charge in [-0.2, -0.15) is 0 Å². The van der Waals surface area contributed by atoms with E-state index in [1.165, 1.54) is 109 Å². The van der Waals surface area contributed by atoms with Crippen LogP contribution in [-0.4, -0.2) is 58.8 Å². The van der Waals surface area contributed by atoms with Crippen LogP contribution in [0.1, 0.15) is 156 Å². The second-order valence-electron chi connectivity index (χ2n) is 13.4. The van der Waals surface area contributed by atoms with Crippen LogP contribution in [0.4, 0.5) is 0 Å². The van der Waals surface area contributed by atoms with Gasteiger partial charge in [0.05, 0.1) is 26.2 Å². The molecule has 0 aromatic heterocycles. The van der Waals surface area contributed by atoms with Crippen LogP contribution < -0.4 is 5.11 Å². The summed E-state index contributed by atoms with van der Waals surface area (Å²) in [5.74, 6) is -5.22. The molecule has 0 aliphatic carbocycles. The lowest BCUT2D eigenvalue weighted by Gasteiger charge is -2.43. The SMILES string of the molecule is CCCC/C=C/CCCCCCCCCCCCCCCCCC[N+](CC(C)C(=O)[O-])(CC(C)C(=O)O)CC(C)C(=O)O. The van der Waals surface area contributed by atoms with E-state index in [1.54, 1.807) is 20.8 Å². The van der Waals surface area contributed by atoms with Crippen molar-refractivity contribution in [1.29, 1.82) is 0 Å². The summed E-state index contributed by atoms with van der Waals surface area (Å²) in [5, 5.41) is 30.6. The first-order valence-electron chi connectivity index (χ1n) is 17.7. The fourth-order valence-corrected chi connectivity index (χ4v) is 6.21. The first-order valence-corrected chi connectivity index (χ1v) is 17.7. The molecule has 3 atom stereocenters. The van der Waals surface area contributed by atoms with Gasteiger partial charge >= 0.3 is 11.9 Å². The van der Waals surface area contributed by atoms with Crippen molar-refractivity contribution in [2.45, 2.75) is 156 Å². The van der Waals surface area contributed by atoms with Crippen LogP contribution in [0.5, 0.6) is 0 Å². The number of allylic oxidation sites excluding steroid dienone is 2. The summed E-state index contributed by atoms with van der Waals surface area (Å²) < 4.78 is 0.187. The Balaban J connectivity index is 4.12. The van der Waals surface area contributed by atoms with E-state index >= 15 is 0 Å². The van der Waals surface area contributed by atoms with Crippen LogP contribution in [0, 0.1) is 17.8 Å². The van der Waals surface area contributed by atoms with Gasteiger partial charge in [0.15, 0.2) is 0 Å². The molecule has 0 fully saturated rings. The molecule has 0 aliphatic rings. The number of quaternary nitrogens is 1. The predicted molar refractivity (Wildman–Crippen MR) is 175 cm³/mol. The number of rotatable bonds is 31. The third-order valence-corrected chi connectivity index (χ3v) is 8.87. The van der Waals surface area contributed by atoms with Crippen LogP contribution in [0.2, 0.25) is 0 Å². The largest absolute Gasteiger partial charge is 0.550 e. The molecule has 0 amide bonds. The monoisotopic (exact) mass is 609 g/mol. The molecule has 3 unspecified atom stereocenters. The summed E-state index contributed by atoms with van der Waals surface area (Å²) >= 11 is 0. The Labute approximate surface area is 264 Å². The average molecular weight is 610 g/mol. The number of carboxylic acids is 3. The van der Waals surface area contributed by atoms with Crippen molar-refractivity contribution in [2.75, 3.05) is 26.2 Å². The van der Waals surface area contributed by atoms with Crippen molar-refractivity contribution < 1.29 is 34.2 Å². The van der Waals surface area contributed by atoms with Gasteiger partial charge in [-0.1, -0.05) is 122 Å². The van der Waals surface area contributed by atoms with Gasteiger partial charge in [-0.15, -0.1) is 0 Å². The van der Waals surface area contributed by atoms with Crippen molar-refractivity contribution in [2.24, 2.45) is 17.8 Å². The zero-order valence-electron chi connectivity index (χ0n) is 28.3. The van der Waals surface area contributed by atoms with E-state index in [1.807, 2.05) is 0 Å². The van der Waals surface area contributed by atoms with Crippen LogP contribution in [0.3, 0.4) is 0 Å². The molecule has 0 saturated carbocycles. The van der Waals surface area contributed by atoms with E-state index < -0.39 is 35.7 Å². The lowest BCUT2D eigenvalue weighted by molar-refractivity contribution is -0.934. The minimum absolute atomic E-state index is 0.187. The Bertz CT molecular complexity index is 697. The highest BCUT2D eigenvalue weighted by molar-refractivity contribution is 5.70. The Morgan fingerprint density at radius 1 is 0.558 bits per heavy atom. The second kappa shape index (κ2) is 26.5. The molecular formula is C36H67NO6. The smallest absolute Gasteiger partial charge is 0.311 e. The lowest BCUT2D eigenvalue weighted by atomic mass is 10.00. The Kier molecular flexibility index (Phi) is 25.3. The fourth-order valence-electron chi connectivity index (χ4n) is 6.21. The quantitative estimate of drug-likeness (QED) is 0.0467. The molecule has 43 heavy (non-hydrogen) atoms. The molecule has 7 heteroatoms. The maximum Gasteiger partial charge on any atom is 0.311 e. The molecule has 0 aromatic rings. The molecule has 0 heterocycles. The topological polar surface area (TPSA) is 115 Å². The van der Waals surface area contributed by atoms with Gasteiger partial charge in [0, 0.05) is 11.9 Å². The van der Waals surface area contributed by atoms with Crippen molar-refractivity contribution in [3.63, 3.8) is 0 Å². The van der Waals surface area contributed by atoms with Crippen LogP contribution in [0.15, 0.2) is 12.2 Å². The number of aliphatic carboxylic acids is 3. The molecule has 0 rings (SSSR count). The Morgan fingerprint density at radius 2 is 0.884 bits per heavy atom. The molecule has 252 valence electrons. The van der Waals surface area contributed by atoms with Gasteiger partial charge in [-0.25, -0.2) is 0 Å². The molecule has 7 nitrogen and oxygen atoms in total. The highest BCUT2D eigenvalue weighted by Gasteiger charge is 2.36. The molecule has 0 radical (unpaired) electrons. The van der Waals surface area contributed by atoms with Crippen LogP contribution in [-0.2, 0) is 14.4 Å². The normalized spacial score (nSPS) is 15.3. The number of unbranched alkanes of at least 4 members (excludes halogenated alkanes) is 18. The van der Waals surface area contributed by atoms with Crippen LogP contribution >= 0.6 is 0 Å². The molecule has 0 aliphatic heterocycles. The highest BCUT2D eigenvalue weighted by Crippen LogP contribution is 2.22. The average Bonchev–Trinajstić information content (AvgIpc) is 2.95. The number of nitrogens with zero attached hydrogens (tertiary/aromatic N) is 1. The summed E-state index contributed by atoms with van der Waals surface area (Å²) in [6.45, 7) is 8.26. The van der Waals surface area contributed by atoms with Crippen molar-refractivity contribution in [3.8, 4) is 0 Å². The highest BCUT2D eigenvalue weighted by atomic mass is 16.4. The molecule has 2 N–H and O–H groups in total.